The Hall–Kier alpha value is -1.86. The summed E-state index contributed by atoms with van der Waals surface area (Å²) < 4.78 is 0. The number of carboxylic acids is 1. The van der Waals surface area contributed by atoms with Crippen LogP contribution in [0.5, 0.6) is 0 Å². The third kappa shape index (κ3) is 4.08. The number of hydrogen-bond donors (Lipinski definition) is 2. The summed E-state index contributed by atoms with van der Waals surface area (Å²) >= 11 is 7.09. The average molecular weight is 340 g/mol. The maximum atomic E-state index is 11.5. The number of carbonyl (C=O) groups is 2. The minimum absolute atomic E-state index is 0.241. The Morgan fingerprint density at radius 3 is 2.86 bits per heavy atom. The summed E-state index contributed by atoms with van der Waals surface area (Å²) in [7, 11) is 0. The molecule has 1 heterocycles. The summed E-state index contributed by atoms with van der Waals surface area (Å²) in [5.41, 5.74) is 2.78. The van der Waals surface area contributed by atoms with Gasteiger partial charge in [-0.15, -0.1) is 5.10 Å². The topological polar surface area (TPSA) is 91.1 Å². The third-order valence-electron chi connectivity index (χ3n) is 3.03. The zero-order chi connectivity index (χ0) is 16.3. The SMILES string of the molecule is Cc1cc(C=NN=C2NC(=O)C(CC(=O)O)S2)c(C)cc1Cl. The highest BCUT2D eigenvalue weighted by Gasteiger charge is 2.32. The molecule has 1 atom stereocenters. The lowest BCUT2D eigenvalue weighted by atomic mass is 10.1. The second-order valence-corrected chi connectivity index (χ2v) is 6.40. The van der Waals surface area contributed by atoms with Gasteiger partial charge in [-0.1, -0.05) is 23.4 Å². The van der Waals surface area contributed by atoms with E-state index in [0.717, 1.165) is 28.5 Å². The third-order valence-corrected chi connectivity index (χ3v) is 4.51. The maximum absolute atomic E-state index is 11.5. The van der Waals surface area contributed by atoms with Crippen molar-refractivity contribution in [1.29, 1.82) is 0 Å². The molecular formula is C14H14ClN3O3S. The number of rotatable bonds is 4. The Labute approximate surface area is 136 Å². The quantitative estimate of drug-likeness (QED) is 0.650. The van der Waals surface area contributed by atoms with Crippen LogP contribution in [0, 0.1) is 13.8 Å². The second-order valence-electron chi connectivity index (χ2n) is 4.80. The van der Waals surface area contributed by atoms with Gasteiger partial charge in [0, 0.05) is 5.02 Å². The number of halogens is 1. The fourth-order valence-corrected chi connectivity index (χ4v) is 2.96. The largest absolute Gasteiger partial charge is 0.481 e. The number of thioether (sulfide) groups is 1. The first-order chi connectivity index (χ1) is 10.4. The molecule has 2 N–H and O–H groups in total. The fourth-order valence-electron chi connectivity index (χ4n) is 1.83. The number of aliphatic carboxylic acids is 1. The van der Waals surface area contributed by atoms with Crippen LogP contribution in [0.4, 0.5) is 0 Å². The fraction of sp³-hybridized carbons (Fsp3) is 0.286. The molecule has 1 unspecified atom stereocenters. The van der Waals surface area contributed by atoms with Crippen LogP contribution in [-0.2, 0) is 9.59 Å². The van der Waals surface area contributed by atoms with E-state index >= 15 is 0 Å². The van der Waals surface area contributed by atoms with Gasteiger partial charge in [0.05, 0.1) is 12.6 Å². The number of carbonyl (C=O) groups excluding carboxylic acids is 1. The molecule has 0 spiro atoms. The van der Waals surface area contributed by atoms with Crippen molar-refractivity contribution in [3.05, 3.63) is 33.8 Å². The van der Waals surface area contributed by atoms with Crippen LogP contribution in [0.1, 0.15) is 23.1 Å². The molecule has 0 bridgehead atoms. The molecule has 116 valence electrons. The highest BCUT2D eigenvalue weighted by Crippen LogP contribution is 2.22. The Balaban J connectivity index is 2.08. The van der Waals surface area contributed by atoms with Crippen LogP contribution in [-0.4, -0.2) is 33.6 Å². The molecule has 6 nitrogen and oxygen atoms in total. The van der Waals surface area contributed by atoms with Crippen LogP contribution in [0.3, 0.4) is 0 Å². The molecule has 2 rings (SSSR count). The van der Waals surface area contributed by atoms with Crippen molar-refractivity contribution >= 4 is 46.6 Å². The molecule has 0 aliphatic carbocycles. The maximum Gasteiger partial charge on any atom is 0.305 e. The van der Waals surface area contributed by atoms with Crippen LogP contribution < -0.4 is 5.32 Å². The standard InChI is InChI=1S/C14H14ClN3O3S/c1-7-4-10(15)8(2)3-9(7)6-16-18-14-17-13(21)11(22-14)5-12(19)20/h3-4,6,11H,5H2,1-2H3,(H,19,20)(H,17,18,21). The van der Waals surface area contributed by atoms with Gasteiger partial charge in [-0.2, -0.15) is 5.10 Å². The van der Waals surface area contributed by atoms with Crippen molar-refractivity contribution < 1.29 is 14.7 Å². The van der Waals surface area contributed by atoms with Gasteiger partial charge < -0.3 is 10.4 Å². The smallest absolute Gasteiger partial charge is 0.305 e. The summed E-state index contributed by atoms with van der Waals surface area (Å²) in [6, 6.07) is 3.75. The van der Waals surface area contributed by atoms with Crippen LogP contribution in [0.15, 0.2) is 22.3 Å². The van der Waals surface area contributed by atoms with Gasteiger partial charge in [0.25, 0.3) is 0 Å². The summed E-state index contributed by atoms with van der Waals surface area (Å²) in [4.78, 5) is 22.2. The van der Waals surface area contributed by atoms with E-state index < -0.39 is 11.2 Å². The highest BCUT2D eigenvalue weighted by atomic mass is 35.5. The molecule has 0 radical (unpaired) electrons. The van der Waals surface area contributed by atoms with E-state index in [4.69, 9.17) is 16.7 Å². The number of aryl methyl sites for hydroxylation is 2. The van der Waals surface area contributed by atoms with Crippen molar-refractivity contribution in [2.45, 2.75) is 25.5 Å². The van der Waals surface area contributed by atoms with E-state index in [1.165, 1.54) is 0 Å². The number of carboxylic acid groups (broad SMARTS) is 1. The molecule has 1 aromatic rings. The summed E-state index contributed by atoms with van der Waals surface area (Å²) in [5.74, 6) is -1.38. The minimum Gasteiger partial charge on any atom is -0.481 e. The predicted molar refractivity (Wildman–Crippen MR) is 87.7 cm³/mol. The summed E-state index contributed by atoms with van der Waals surface area (Å²) in [6.45, 7) is 3.81. The Morgan fingerprint density at radius 1 is 1.45 bits per heavy atom. The summed E-state index contributed by atoms with van der Waals surface area (Å²) in [6.07, 6.45) is 1.33. The van der Waals surface area contributed by atoms with Crippen molar-refractivity contribution in [1.82, 2.24) is 5.32 Å². The van der Waals surface area contributed by atoms with E-state index in [0.29, 0.717) is 10.2 Å². The van der Waals surface area contributed by atoms with Crippen LogP contribution in [0.2, 0.25) is 5.02 Å². The van der Waals surface area contributed by atoms with Gasteiger partial charge in [0.1, 0.15) is 5.25 Å². The number of hydrogen-bond acceptors (Lipinski definition) is 5. The molecular weight excluding hydrogens is 326 g/mol. The molecule has 0 aromatic heterocycles. The van der Waals surface area contributed by atoms with E-state index in [1.807, 2.05) is 26.0 Å². The first-order valence-corrected chi connectivity index (χ1v) is 7.69. The zero-order valence-electron chi connectivity index (χ0n) is 12.0. The van der Waals surface area contributed by atoms with E-state index in [9.17, 15) is 9.59 Å². The van der Waals surface area contributed by atoms with Crippen molar-refractivity contribution in [3.63, 3.8) is 0 Å². The molecule has 8 heteroatoms. The molecule has 22 heavy (non-hydrogen) atoms. The lowest BCUT2D eigenvalue weighted by Gasteiger charge is -2.03. The molecule has 1 aliphatic heterocycles. The van der Waals surface area contributed by atoms with Gasteiger partial charge in [-0.05, 0) is 42.7 Å². The van der Waals surface area contributed by atoms with E-state index in [-0.39, 0.29) is 12.3 Å². The number of nitrogens with one attached hydrogen (secondary N) is 1. The van der Waals surface area contributed by atoms with E-state index in [1.54, 1.807) is 6.21 Å². The van der Waals surface area contributed by atoms with Gasteiger partial charge in [-0.3, -0.25) is 9.59 Å². The minimum atomic E-state index is -1.02. The monoisotopic (exact) mass is 339 g/mol. The molecule has 0 saturated carbocycles. The number of amides is 1. The lowest BCUT2D eigenvalue weighted by Crippen LogP contribution is -2.26. The van der Waals surface area contributed by atoms with Gasteiger partial charge in [0.15, 0.2) is 5.17 Å². The number of amidine groups is 1. The van der Waals surface area contributed by atoms with Gasteiger partial charge >= 0.3 is 5.97 Å². The first kappa shape index (κ1) is 16.5. The van der Waals surface area contributed by atoms with E-state index in [2.05, 4.69) is 15.5 Å². The van der Waals surface area contributed by atoms with Gasteiger partial charge in [0.2, 0.25) is 5.91 Å². The number of nitrogens with zero attached hydrogens (tertiary/aromatic N) is 2. The average Bonchev–Trinajstić information content (AvgIpc) is 2.75. The molecule has 1 aliphatic rings. The summed E-state index contributed by atoms with van der Waals surface area (Å²) in [5, 5.41) is 19.4. The highest BCUT2D eigenvalue weighted by molar-refractivity contribution is 8.15. The second kappa shape index (κ2) is 6.93. The Kier molecular flexibility index (Phi) is 5.20. The first-order valence-electron chi connectivity index (χ1n) is 6.44. The molecule has 1 amide bonds. The lowest BCUT2D eigenvalue weighted by molar-refractivity contribution is -0.138. The van der Waals surface area contributed by atoms with Crippen molar-refractivity contribution in [3.8, 4) is 0 Å². The molecule has 1 aromatic carbocycles. The van der Waals surface area contributed by atoms with Crippen molar-refractivity contribution in [2.75, 3.05) is 0 Å². The zero-order valence-corrected chi connectivity index (χ0v) is 13.5. The predicted octanol–water partition coefficient (Wildman–Crippen LogP) is 2.35. The normalized spacial score (nSPS) is 19.9. The van der Waals surface area contributed by atoms with Gasteiger partial charge in [-0.25, -0.2) is 0 Å². The number of benzene rings is 1. The molecule has 1 fully saturated rings. The van der Waals surface area contributed by atoms with Crippen LogP contribution in [0.25, 0.3) is 0 Å². The Bertz CT molecular complexity index is 688. The van der Waals surface area contributed by atoms with Crippen molar-refractivity contribution in [2.24, 2.45) is 10.2 Å². The Morgan fingerprint density at radius 2 is 2.18 bits per heavy atom. The van der Waals surface area contributed by atoms with Crippen LogP contribution >= 0.6 is 23.4 Å². The molecule has 1 saturated heterocycles.